The Labute approximate surface area is 115 Å². The molecule has 2 fully saturated rings. The van der Waals surface area contributed by atoms with Crippen LogP contribution in [0.1, 0.15) is 65.2 Å². The summed E-state index contributed by atoms with van der Waals surface area (Å²) >= 11 is 0. The standard InChI is InChI=1S/C16H26O3/c1-11(5-3-7-15(18)19)12-8-9-13-14(17)6-4-10-16(12,13)2/h11-13H,3-10H2,1-2H3,(H,18,19)/t11-,12-,13+,16?/m1/s1. The van der Waals surface area contributed by atoms with Crippen molar-refractivity contribution in [2.24, 2.45) is 23.2 Å². The second-order valence-corrected chi connectivity index (χ2v) is 6.83. The molecule has 0 aliphatic heterocycles. The Hall–Kier alpha value is -0.860. The van der Waals surface area contributed by atoms with Gasteiger partial charge in [-0.1, -0.05) is 13.8 Å². The van der Waals surface area contributed by atoms with Gasteiger partial charge < -0.3 is 5.11 Å². The van der Waals surface area contributed by atoms with Crippen LogP contribution in [-0.4, -0.2) is 16.9 Å². The number of aliphatic carboxylic acids is 1. The number of hydrogen-bond acceptors (Lipinski definition) is 2. The van der Waals surface area contributed by atoms with Crippen LogP contribution in [-0.2, 0) is 9.59 Å². The van der Waals surface area contributed by atoms with E-state index in [1.54, 1.807) is 0 Å². The van der Waals surface area contributed by atoms with Crippen LogP contribution < -0.4 is 0 Å². The van der Waals surface area contributed by atoms with Crippen LogP contribution in [0.5, 0.6) is 0 Å². The number of carbonyl (C=O) groups excluding carboxylic acids is 1. The van der Waals surface area contributed by atoms with E-state index in [0.29, 0.717) is 17.6 Å². The third kappa shape index (κ3) is 2.85. The third-order valence-corrected chi connectivity index (χ3v) is 5.67. The van der Waals surface area contributed by atoms with E-state index < -0.39 is 5.97 Å². The van der Waals surface area contributed by atoms with Crippen molar-refractivity contribution in [1.29, 1.82) is 0 Å². The Morgan fingerprint density at radius 3 is 2.89 bits per heavy atom. The maximum Gasteiger partial charge on any atom is 0.303 e. The summed E-state index contributed by atoms with van der Waals surface area (Å²) in [5.41, 5.74) is 0.192. The summed E-state index contributed by atoms with van der Waals surface area (Å²) in [5.74, 6) is 1.22. The van der Waals surface area contributed by atoms with Crippen molar-refractivity contribution in [3.05, 3.63) is 0 Å². The van der Waals surface area contributed by atoms with E-state index in [0.717, 1.165) is 38.5 Å². The molecular weight excluding hydrogens is 240 g/mol. The smallest absolute Gasteiger partial charge is 0.303 e. The normalized spacial score (nSPS) is 36.0. The van der Waals surface area contributed by atoms with Crippen LogP contribution in [0.2, 0.25) is 0 Å². The van der Waals surface area contributed by atoms with Crippen molar-refractivity contribution in [2.45, 2.75) is 65.2 Å². The van der Waals surface area contributed by atoms with Crippen LogP contribution >= 0.6 is 0 Å². The summed E-state index contributed by atoms with van der Waals surface area (Å²) in [4.78, 5) is 22.7. The summed E-state index contributed by atoms with van der Waals surface area (Å²) in [6.45, 7) is 4.55. The third-order valence-electron chi connectivity index (χ3n) is 5.67. The van der Waals surface area contributed by atoms with Crippen molar-refractivity contribution in [3.8, 4) is 0 Å². The molecule has 0 bridgehead atoms. The molecule has 3 nitrogen and oxygen atoms in total. The van der Waals surface area contributed by atoms with Crippen molar-refractivity contribution >= 4 is 11.8 Å². The molecule has 2 aliphatic rings. The van der Waals surface area contributed by atoms with E-state index in [1.165, 1.54) is 6.42 Å². The zero-order valence-electron chi connectivity index (χ0n) is 12.2. The summed E-state index contributed by atoms with van der Waals surface area (Å²) in [6.07, 6.45) is 7.23. The van der Waals surface area contributed by atoms with E-state index in [2.05, 4.69) is 13.8 Å². The highest BCUT2D eigenvalue weighted by atomic mass is 16.4. The summed E-state index contributed by atoms with van der Waals surface area (Å²) in [7, 11) is 0. The van der Waals surface area contributed by atoms with Gasteiger partial charge in [-0.25, -0.2) is 0 Å². The van der Waals surface area contributed by atoms with Gasteiger partial charge in [-0.05, 0) is 55.8 Å². The van der Waals surface area contributed by atoms with Crippen molar-refractivity contribution in [3.63, 3.8) is 0 Å². The number of hydrogen-bond donors (Lipinski definition) is 1. The molecule has 0 aromatic rings. The van der Waals surface area contributed by atoms with Gasteiger partial charge in [-0.15, -0.1) is 0 Å². The number of carbonyl (C=O) groups is 2. The Balaban J connectivity index is 1.96. The molecule has 4 atom stereocenters. The molecule has 2 saturated carbocycles. The molecule has 0 radical (unpaired) electrons. The van der Waals surface area contributed by atoms with Gasteiger partial charge in [-0.3, -0.25) is 9.59 Å². The fourth-order valence-corrected chi connectivity index (χ4v) is 4.68. The Morgan fingerprint density at radius 2 is 2.21 bits per heavy atom. The first-order chi connectivity index (χ1) is 8.95. The molecule has 0 spiro atoms. The molecule has 1 N–H and O–H groups in total. The SMILES string of the molecule is C[C@H](CCCC(=O)O)[C@H]1CC[C@H]2C(=O)CCCC12C. The fourth-order valence-electron chi connectivity index (χ4n) is 4.68. The molecule has 0 aromatic carbocycles. The number of carboxylic acid groups (broad SMARTS) is 1. The highest BCUT2D eigenvalue weighted by molar-refractivity contribution is 5.83. The van der Waals surface area contributed by atoms with Crippen LogP contribution in [0, 0.1) is 23.2 Å². The van der Waals surface area contributed by atoms with Gasteiger partial charge in [0.05, 0.1) is 0 Å². The van der Waals surface area contributed by atoms with E-state index in [9.17, 15) is 9.59 Å². The molecular formula is C16H26O3. The highest BCUT2D eigenvalue weighted by Crippen LogP contribution is 2.57. The number of rotatable bonds is 5. The minimum Gasteiger partial charge on any atom is -0.481 e. The fraction of sp³-hybridized carbons (Fsp3) is 0.875. The lowest BCUT2D eigenvalue weighted by atomic mass is 9.62. The van der Waals surface area contributed by atoms with Crippen LogP contribution in [0.25, 0.3) is 0 Å². The molecule has 0 heterocycles. The first-order valence-corrected chi connectivity index (χ1v) is 7.69. The predicted molar refractivity (Wildman–Crippen MR) is 73.8 cm³/mol. The lowest BCUT2D eigenvalue weighted by molar-refractivity contribution is -0.137. The number of ketones is 1. The first-order valence-electron chi connectivity index (χ1n) is 7.69. The van der Waals surface area contributed by atoms with Gasteiger partial charge in [0.15, 0.2) is 0 Å². The zero-order chi connectivity index (χ0) is 14.0. The molecule has 1 unspecified atom stereocenters. The highest BCUT2D eigenvalue weighted by Gasteiger charge is 2.52. The van der Waals surface area contributed by atoms with Gasteiger partial charge in [0.25, 0.3) is 0 Å². The number of fused-ring (bicyclic) bond motifs is 1. The van der Waals surface area contributed by atoms with E-state index >= 15 is 0 Å². The topological polar surface area (TPSA) is 54.4 Å². The minimum absolute atomic E-state index is 0.192. The van der Waals surface area contributed by atoms with Crippen LogP contribution in [0.3, 0.4) is 0 Å². The van der Waals surface area contributed by atoms with Crippen LogP contribution in [0.4, 0.5) is 0 Å². The second kappa shape index (κ2) is 5.64. The predicted octanol–water partition coefficient (Wildman–Crippen LogP) is 3.66. The second-order valence-electron chi connectivity index (χ2n) is 6.83. The van der Waals surface area contributed by atoms with Gasteiger partial charge >= 0.3 is 5.97 Å². The zero-order valence-corrected chi connectivity index (χ0v) is 12.2. The molecule has 0 saturated heterocycles. The molecule has 0 amide bonds. The quantitative estimate of drug-likeness (QED) is 0.826. The van der Waals surface area contributed by atoms with Crippen molar-refractivity contribution in [2.75, 3.05) is 0 Å². The number of carboxylic acids is 1. The maximum absolute atomic E-state index is 12.1. The van der Waals surface area contributed by atoms with Crippen molar-refractivity contribution in [1.82, 2.24) is 0 Å². The maximum atomic E-state index is 12.1. The molecule has 3 heteroatoms. The molecule has 108 valence electrons. The monoisotopic (exact) mass is 266 g/mol. The first kappa shape index (κ1) is 14.5. The summed E-state index contributed by atoms with van der Waals surface area (Å²) in [6, 6.07) is 0. The van der Waals surface area contributed by atoms with Gasteiger partial charge in [-0.2, -0.15) is 0 Å². The lowest BCUT2D eigenvalue weighted by Crippen LogP contribution is -2.39. The van der Waals surface area contributed by atoms with E-state index in [-0.39, 0.29) is 17.8 Å². The average molecular weight is 266 g/mol. The molecule has 2 aliphatic carbocycles. The van der Waals surface area contributed by atoms with E-state index in [1.807, 2.05) is 0 Å². The summed E-state index contributed by atoms with van der Waals surface area (Å²) in [5, 5.41) is 8.72. The van der Waals surface area contributed by atoms with Gasteiger partial charge in [0.1, 0.15) is 5.78 Å². The Morgan fingerprint density at radius 1 is 1.47 bits per heavy atom. The molecule has 19 heavy (non-hydrogen) atoms. The minimum atomic E-state index is -0.699. The van der Waals surface area contributed by atoms with Gasteiger partial charge in [0, 0.05) is 18.8 Å². The summed E-state index contributed by atoms with van der Waals surface area (Å²) < 4.78 is 0. The molecule has 0 aromatic heterocycles. The van der Waals surface area contributed by atoms with Crippen LogP contribution in [0.15, 0.2) is 0 Å². The molecule has 2 rings (SSSR count). The van der Waals surface area contributed by atoms with Gasteiger partial charge in [0.2, 0.25) is 0 Å². The van der Waals surface area contributed by atoms with Crippen molar-refractivity contribution < 1.29 is 14.7 Å². The van der Waals surface area contributed by atoms with E-state index in [4.69, 9.17) is 5.11 Å². The lowest BCUT2D eigenvalue weighted by Gasteiger charge is -2.42. The Bertz CT molecular complexity index is 363. The average Bonchev–Trinajstić information content (AvgIpc) is 2.67. The largest absolute Gasteiger partial charge is 0.481 e. The number of Topliss-reactive ketones (excluding diaryl/α,β-unsaturated/α-hetero) is 1. The Kier molecular flexibility index (Phi) is 4.32.